The fourth-order valence-electron chi connectivity index (χ4n) is 1.36. The topological polar surface area (TPSA) is 99.0 Å². The van der Waals surface area contributed by atoms with Crippen LogP contribution in [0.15, 0.2) is 0 Å². The van der Waals surface area contributed by atoms with Gasteiger partial charge in [0.15, 0.2) is 0 Å². The van der Waals surface area contributed by atoms with Crippen LogP contribution in [-0.4, -0.2) is 59.3 Å². The maximum atomic E-state index is 10.2. The summed E-state index contributed by atoms with van der Waals surface area (Å²) in [6.45, 7) is 0.435. The van der Waals surface area contributed by atoms with Gasteiger partial charge >= 0.3 is 5.97 Å². The number of carboxylic acid groups (broad SMARTS) is 1. The van der Waals surface area contributed by atoms with E-state index in [-0.39, 0.29) is 13.1 Å². The maximum Gasteiger partial charge on any atom is 0.317 e. The van der Waals surface area contributed by atoms with Gasteiger partial charge in [-0.1, -0.05) is 0 Å². The molecule has 0 saturated carbocycles. The van der Waals surface area contributed by atoms with E-state index >= 15 is 0 Å². The molecule has 0 aromatic carbocycles. The average Bonchev–Trinajstić information content (AvgIpc) is 2.12. The minimum atomic E-state index is -0.962. The Labute approximate surface area is 81.5 Å². The van der Waals surface area contributed by atoms with Crippen LogP contribution in [0, 0.1) is 0 Å². The highest BCUT2D eigenvalue weighted by Gasteiger charge is 2.30. The highest BCUT2D eigenvalue weighted by molar-refractivity contribution is 5.68. The monoisotopic (exact) mass is 205 g/mol. The van der Waals surface area contributed by atoms with Crippen molar-refractivity contribution in [3.63, 3.8) is 0 Å². The Morgan fingerprint density at radius 1 is 1.50 bits per heavy atom. The zero-order chi connectivity index (χ0) is 10.6. The second kappa shape index (κ2) is 5.26. The number of aliphatic carboxylic acids is 1. The molecule has 0 radical (unpaired) electrons. The van der Waals surface area contributed by atoms with E-state index in [1.54, 1.807) is 0 Å². The molecule has 0 aromatic heterocycles. The van der Waals surface area contributed by atoms with Crippen molar-refractivity contribution in [2.24, 2.45) is 0 Å². The van der Waals surface area contributed by atoms with Crippen LogP contribution in [0.4, 0.5) is 0 Å². The molecule has 0 aliphatic carbocycles. The van der Waals surface area contributed by atoms with Crippen molar-refractivity contribution in [1.29, 1.82) is 0 Å². The quantitative estimate of drug-likeness (QED) is 0.431. The Kier molecular flexibility index (Phi) is 4.27. The van der Waals surface area contributed by atoms with Gasteiger partial charge in [0.1, 0.15) is 6.10 Å². The van der Waals surface area contributed by atoms with Crippen molar-refractivity contribution in [3.8, 4) is 0 Å². The molecular weight excluding hydrogens is 190 g/mol. The number of aliphatic hydroxyl groups excluding tert-OH is 2. The van der Waals surface area contributed by atoms with E-state index in [4.69, 9.17) is 9.84 Å². The fraction of sp³-hybridized carbons (Fsp3) is 0.875. The summed E-state index contributed by atoms with van der Waals surface area (Å²) in [5, 5.41) is 29.7. The summed E-state index contributed by atoms with van der Waals surface area (Å²) in [5.41, 5.74) is 0. The first kappa shape index (κ1) is 11.4. The minimum Gasteiger partial charge on any atom is -0.480 e. The third-order valence-corrected chi connectivity index (χ3v) is 2.14. The van der Waals surface area contributed by atoms with E-state index in [0.717, 1.165) is 0 Å². The van der Waals surface area contributed by atoms with Gasteiger partial charge < -0.3 is 25.4 Å². The third kappa shape index (κ3) is 3.22. The number of hydrogen-bond donors (Lipinski definition) is 4. The standard InChI is InChI=1S/C8H15NO5/c10-5-1-2-14-6(8(5)13)3-9-4-7(11)12/h5-6,8-10,13H,1-4H2,(H,11,12). The molecule has 1 heterocycles. The molecule has 1 rings (SSSR count). The zero-order valence-electron chi connectivity index (χ0n) is 7.72. The average molecular weight is 205 g/mol. The summed E-state index contributed by atoms with van der Waals surface area (Å²) in [6, 6.07) is 0. The van der Waals surface area contributed by atoms with Gasteiger partial charge in [0.25, 0.3) is 0 Å². The van der Waals surface area contributed by atoms with Crippen molar-refractivity contribution in [2.75, 3.05) is 19.7 Å². The van der Waals surface area contributed by atoms with Crippen LogP contribution < -0.4 is 5.32 Å². The number of rotatable bonds is 4. The lowest BCUT2D eigenvalue weighted by Gasteiger charge is -2.31. The van der Waals surface area contributed by atoms with Crippen molar-refractivity contribution in [1.82, 2.24) is 5.32 Å². The Balaban J connectivity index is 2.25. The lowest BCUT2D eigenvalue weighted by molar-refractivity contribution is -0.139. The van der Waals surface area contributed by atoms with Gasteiger partial charge in [-0.15, -0.1) is 0 Å². The van der Waals surface area contributed by atoms with Crippen molar-refractivity contribution < 1.29 is 24.9 Å². The van der Waals surface area contributed by atoms with E-state index in [9.17, 15) is 15.0 Å². The number of ether oxygens (including phenoxy) is 1. The largest absolute Gasteiger partial charge is 0.480 e. The molecule has 0 spiro atoms. The van der Waals surface area contributed by atoms with Gasteiger partial charge in [-0.3, -0.25) is 4.79 Å². The highest BCUT2D eigenvalue weighted by atomic mass is 16.5. The molecule has 1 aliphatic heterocycles. The normalized spacial score (nSPS) is 32.9. The van der Waals surface area contributed by atoms with Crippen LogP contribution in [-0.2, 0) is 9.53 Å². The molecule has 82 valence electrons. The Hall–Kier alpha value is -0.690. The lowest BCUT2D eigenvalue weighted by Crippen LogP contribution is -2.49. The first-order valence-electron chi connectivity index (χ1n) is 4.51. The van der Waals surface area contributed by atoms with E-state index in [0.29, 0.717) is 13.0 Å². The van der Waals surface area contributed by atoms with Crippen LogP contribution >= 0.6 is 0 Å². The lowest BCUT2D eigenvalue weighted by atomic mass is 10.0. The number of aliphatic hydroxyl groups is 2. The van der Waals surface area contributed by atoms with Crippen LogP contribution in [0.25, 0.3) is 0 Å². The van der Waals surface area contributed by atoms with E-state index in [1.807, 2.05) is 0 Å². The Morgan fingerprint density at radius 3 is 2.86 bits per heavy atom. The maximum absolute atomic E-state index is 10.2. The molecule has 0 amide bonds. The SMILES string of the molecule is O=C(O)CNCC1OCCC(O)C1O. The summed E-state index contributed by atoms with van der Waals surface area (Å²) in [4.78, 5) is 10.2. The van der Waals surface area contributed by atoms with Crippen LogP contribution in [0.2, 0.25) is 0 Å². The summed E-state index contributed by atoms with van der Waals surface area (Å²) in [7, 11) is 0. The smallest absolute Gasteiger partial charge is 0.317 e. The van der Waals surface area contributed by atoms with E-state index < -0.39 is 24.3 Å². The van der Waals surface area contributed by atoms with Crippen LogP contribution in [0.5, 0.6) is 0 Å². The zero-order valence-corrected chi connectivity index (χ0v) is 7.72. The molecule has 0 aromatic rings. The minimum absolute atomic E-state index is 0.178. The van der Waals surface area contributed by atoms with Gasteiger partial charge in [0.05, 0.1) is 18.8 Å². The molecule has 3 unspecified atom stereocenters. The molecule has 4 N–H and O–H groups in total. The predicted molar refractivity (Wildman–Crippen MR) is 46.9 cm³/mol. The van der Waals surface area contributed by atoms with E-state index in [1.165, 1.54) is 0 Å². The Morgan fingerprint density at radius 2 is 2.21 bits per heavy atom. The highest BCUT2D eigenvalue weighted by Crippen LogP contribution is 2.13. The molecule has 14 heavy (non-hydrogen) atoms. The van der Waals surface area contributed by atoms with Crippen LogP contribution in [0.1, 0.15) is 6.42 Å². The third-order valence-electron chi connectivity index (χ3n) is 2.14. The van der Waals surface area contributed by atoms with Gasteiger partial charge in [0.2, 0.25) is 0 Å². The van der Waals surface area contributed by atoms with E-state index in [2.05, 4.69) is 5.32 Å². The summed E-state index contributed by atoms with van der Waals surface area (Å²) in [5.74, 6) is -0.962. The first-order valence-corrected chi connectivity index (χ1v) is 4.51. The molecule has 1 saturated heterocycles. The van der Waals surface area contributed by atoms with Gasteiger partial charge in [0, 0.05) is 13.2 Å². The molecule has 0 bridgehead atoms. The molecule has 6 nitrogen and oxygen atoms in total. The second-order valence-corrected chi connectivity index (χ2v) is 3.28. The fourth-order valence-corrected chi connectivity index (χ4v) is 1.36. The second-order valence-electron chi connectivity index (χ2n) is 3.28. The van der Waals surface area contributed by atoms with Crippen molar-refractivity contribution in [3.05, 3.63) is 0 Å². The van der Waals surface area contributed by atoms with Crippen molar-refractivity contribution in [2.45, 2.75) is 24.7 Å². The first-order chi connectivity index (χ1) is 6.61. The predicted octanol–water partition coefficient (Wildman–Crippen LogP) is -1.83. The molecule has 1 aliphatic rings. The van der Waals surface area contributed by atoms with Gasteiger partial charge in [-0.2, -0.15) is 0 Å². The molecule has 6 heteroatoms. The number of nitrogens with one attached hydrogen (secondary N) is 1. The number of carbonyl (C=O) groups is 1. The molecule has 1 fully saturated rings. The van der Waals surface area contributed by atoms with Crippen molar-refractivity contribution >= 4 is 5.97 Å². The number of hydrogen-bond acceptors (Lipinski definition) is 5. The summed E-state index contributed by atoms with van der Waals surface area (Å²) in [6.07, 6.45) is -1.83. The molecular formula is C8H15NO5. The van der Waals surface area contributed by atoms with Crippen LogP contribution in [0.3, 0.4) is 0 Å². The Bertz CT molecular complexity index is 198. The van der Waals surface area contributed by atoms with Gasteiger partial charge in [-0.05, 0) is 6.42 Å². The molecule has 3 atom stereocenters. The summed E-state index contributed by atoms with van der Waals surface area (Å²) < 4.78 is 5.18. The van der Waals surface area contributed by atoms with Gasteiger partial charge in [-0.25, -0.2) is 0 Å². The number of carboxylic acids is 1. The summed E-state index contributed by atoms with van der Waals surface area (Å²) >= 11 is 0.